The first-order valence-corrected chi connectivity index (χ1v) is 9.48. The van der Waals surface area contributed by atoms with Crippen molar-refractivity contribution in [1.29, 1.82) is 0 Å². The molecule has 0 aromatic heterocycles. The average molecular weight is 366 g/mol. The zero-order chi connectivity index (χ0) is 19.1. The van der Waals surface area contributed by atoms with E-state index in [-0.39, 0.29) is 11.8 Å². The standard InChI is InChI=1S/C22H26N2O3/c1-27-20-11-4-3-8-17(20)12-13-23-21(25)18-9-7-10-19(16-18)22(26)24-14-5-2-6-15-24/h3-4,7-11,16H,2,5-6,12-15H2,1H3,(H,23,25). The van der Waals surface area contributed by atoms with E-state index >= 15 is 0 Å². The van der Waals surface area contributed by atoms with E-state index < -0.39 is 0 Å². The van der Waals surface area contributed by atoms with Gasteiger partial charge in [-0.1, -0.05) is 24.3 Å². The van der Waals surface area contributed by atoms with Crippen molar-refractivity contribution in [1.82, 2.24) is 10.2 Å². The number of ether oxygens (including phenoxy) is 1. The molecule has 1 fully saturated rings. The van der Waals surface area contributed by atoms with Crippen molar-refractivity contribution in [2.45, 2.75) is 25.7 Å². The number of hydrogen-bond donors (Lipinski definition) is 1. The molecular weight excluding hydrogens is 340 g/mol. The maximum absolute atomic E-state index is 12.6. The summed E-state index contributed by atoms with van der Waals surface area (Å²) in [6.07, 6.45) is 3.96. The van der Waals surface area contributed by atoms with Gasteiger partial charge in [-0.2, -0.15) is 0 Å². The van der Waals surface area contributed by atoms with Crippen molar-refractivity contribution in [3.63, 3.8) is 0 Å². The van der Waals surface area contributed by atoms with E-state index in [4.69, 9.17) is 4.74 Å². The van der Waals surface area contributed by atoms with Crippen LogP contribution in [0.2, 0.25) is 0 Å². The Morgan fingerprint density at radius 2 is 1.74 bits per heavy atom. The molecule has 5 heteroatoms. The van der Waals surface area contributed by atoms with Crippen LogP contribution in [0.3, 0.4) is 0 Å². The molecule has 0 radical (unpaired) electrons. The molecule has 1 N–H and O–H groups in total. The maximum Gasteiger partial charge on any atom is 0.253 e. The topological polar surface area (TPSA) is 58.6 Å². The van der Waals surface area contributed by atoms with E-state index in [1.54, 1.807) is 31.4 Å². The zero-order valence-electron chi connectivity index (χ0n) is 15.7. The molecule has 1 aliphatic rings. The van der Waals surface area contributed by atoms with Gasteiger partial charge in [-0.15, -0.1) is 0 Å². The summed E-state index contributed by atoms with van der Waals surface area (Å²) in [4.78, 5) is 27.0. The van der Waals surface area contributed by atoms with Gasteiger partial charge in [0.05, 0.1) is 7.11 Å². The van der Waals surface area contributed by atoms with Crippen LogP contribution in [0.1, 0.15) is 45.5 Å². The molecule has 0 aliphatic carbocycles. The summed E-state index contributed by atoms with van der Waals surface area (Å²) >= 11 is 0. The lowest BCUT2D eigenvalue weighted by atomic mass is 10.1. The van der Waals surface area contributed by atoms with Crippen LogP contribution in [0.5, 0.6) is 5.75 Å². The van der Waals surface area contributed by atoms with Crippen LogP contribution in [0.15, 0.2) is 48.5 Å². The predicted molar refractivity (Wildman–Crippen MR) is 105 cm³/mol. The number of likely N-dealkylation sites (tertiary alicyclic amines) is 1. The Morgan fingerprint density at radius 1 is 1.00 bits per heavy atom. The molecule has 0 unspecified atom stereocenters. The van der Waals surface area contributed by atoms with Crippen molar-refractivity contribution in [3.05, 3.63) is 65.2 Å². The Labute approximate surface area is 160 Å². The van der Waals surface area contributed by atoms with Crippen molar-refractivity contribution >= 4 is 11.8 Å². The lowest BCUT2D eigenvalue weighted by molar-refractivity contribution is 0.0724. The molecule has 0 bridgehead atoms. The highest BCUT2D eigenvalue weighted by atomic mass is 16.5. The molecule has 0 spiro atoms. The third-order valence-corrected chi connectivity index (χ3v) is 4.89. The van der Waals surface area contributed by atoms with Crippen molar-refractivity contribution in [2.75, 3.05) is 26.7 Å². The number of amides is 2. The monoisotopic (exact) mass is 366 g/mol. The maximum atomic E-state index is 12.6. The van der Waals surface area contributed by atoms with E-state index in [0.717, 1.165) is 37.2 Å². The second kappa shape index (κ2) is 9.21. The molecule has 1 heterocycles. The summed E-state index contributed by atoms with van der Waals surface area (Å²) in [6, 6.07) is 14.8. The van der Waals surface area contributed by atoms with Crippen LogP contribution in [0.25, 0.3) is 0 Å². The number of rotatable bonds is 6. The molecule has 27 heavy (non-hydrogen) atoms. The summed E-state index contributed by atoms with van der Waals surface area (Å²) in [6.45, 7) is 2.10. The average Bonchev–Trinajstić information content (AvgIpc) is 2.74. The number of carbonyl (C=O) groups excluding carboxylic acids is 2. The highest BCUT2D eigenvalue weighted by molar-refractivity contribution is 5.99. The van der Waals surface area contributed by atoms with Crippen LogP contribution < -0.4 is 10.1 Å². The Kier molecular flexibility index (Phi) is 6.47. The molecule has 2 amide bonds. The van der Waals surface area contributed by atoms with Gasteiger partial charge in [-0.05, 0) is 55.5 Å². The van der Waals surface area contributed by atoms with Gasteiger partial charge in [0.1, 0.15) is 5.75 Å². The third-order valence-electron chi connectivity index (χ3n) is 4.89. The summed E-state index contributed by atoms with van der Waals surface area (Å²) in [5.74, 6) is 0.664. The van der Waals surface area contributed by atoms with E-state index in [0.29, 0.717) is 24.1 Å². The van der Waals surface area contributed by atoms with Gasteiger partial charge in [0.15, 0.2) is 0 Å². The van der Waals surface area contributed by atoms with Crippen LogP contribution in [-0.2, 0) is 6.42 Å². The Bertz CT molecular complexity index is 798. The van der Waals surface area contributed by atoms with E-state index in [2.05, 4.69) is 5.32 Å². The van der Waals surface area contributed by atoms with Gasteiger partial charge in [0.25, 0.3) is 11.8 Å². The van der Waals surface area contributed by atoms with Crippen LogP contribution in [-0.4, -0.2) is 43.5 Å². The largest absolute Gasteiger partial charge is 0.496 e. The summed E-state index contributed by atoms with van der Waals surface area (Å²) in [5.41, 5.74) is 2.14. The predicted octanol–water partition coefficient (Wildman–Crippen LogP) is 3.29. The van der Waals surface area contributed by atoms with E-state index in [9.17, 15) is 9.59 Å². The molecule has 1 aliphatic heterocycles. The zero-order valence-corrected chi connectivity index (χ0v) is 15.7. The minimum atomic E-state index is -0.168. The number of nitrogens with zero attached hydrogens (tertiary/aromatic N) is 1. The molecule has 1 saturated heterocycles. The first-order valence-electron chi connectivity index (χ1n) is 9.48. The Hall–Kier alpha value is -2.82. The molecule has 2 aromatic rings. The molecule has 3 rings (SSSR count). The van der Waals surface area contributed by atoms with Gasteiger partial charge >= 0.3 is 0 Å². The van der Waals surface area contributed by atoms with Gasteiger partial charge in [-0.25, -0.2) is 0 Å². The summed E-state index contributed by atoms with van der Waals surface area (Å²) in [5, 5.41) is 2.93. The van der Waals surface area contributed by atoms with Gasteiger partial charge < -0.3 is 15.0 Å². The molecule has 0 saturated carbocycles. The minimum Gasteiger partial charge on any atom is -0.496 e. The number of methoxy groups -OCH3 is 1. The normalized spacial score (nSPS) is 13.9. The highest BCUT2D eigenvalue weighted by Crippen LogP contribution is 2.17. The Balaban J connectivity index is 1.59. The fourth-order valence-corrected chi connectivity index (χ4v) is 3.40. The number of nitrogens with one attached hydrogen (secondary N) is 1. The quantitative estimate of drug-likeness (QED) is 0.853. The minimum absolute atomic E-state index is 0.0124. The molecular formula is C22H26N2O3. The van der Waals surface area contributed by atoms with Gasteiger partial charge in [0.2, 0.25) is 0 Å². The second-order valence-electron chi connectivity index (χ2n) is 6.75. The second-order valence-corrected chi connectivity index (χ2v) is 6.75. The number of benzene rings is 2. The summed E-state index contributed by atoms with van der Waals surface area (Å²) < 4.78 is 5.33. The smallest absolute Gasteiger partial charge is 0.253 e. The van der Waals surface area contributed by atoms with E-state index in [1.165, 1.54) is 6.42 Å². The molecule has 2 aromatic carbocycles. The van der Waals surface area contributed by atoms with Crippen molar-refractivity contribution in [3.8, 4) is 5.75 Å². The fraction of sp³-hybridized carbons (Fsp3) is 0.364. The molecule has 5 nitrogen and oxygen atoms in total. The lowest BCUT2D eigenvalue weighted by Crippen LogP contribution is -2.35. The third kappa shape index (κ3) is 4.88. The summed E-state index contributed by atoms with van der Waals surface area (Å²) in [7, 11) is 1.64. The fourth-order valence-electron chi connectivity index (χ4n) is 3.40. The van der Waals surface area contributed by atoms with Crippen molar-refractivity contribution in [2.24, 2.45) is 0 Å². The molecule has 0 atom stereocenters. The number of hydrogen-bond acceptors (Lipinski definition) is 3. The number of carbonyl (C=O) groups is 2. The van der Waals surface area contributed by atoms with Crippen LogP contribution >= 0.6 is 0 Å². The SMILES string of the molecule is COc1ccccc1CCNC(=O)c1cccc(C(=O)N2CCCCC2)c1. The van der Waals surface area contributed by atoms with Crippen LogP contribution in [0.4, 0.5) is 0 Å². The molecule has 142 valence electrons. The van der Waals surface area contributed by atoms with Crippen molar-refractivity contribution < 1.29 is 14.3 Å². The van der Waals surface area contributed by atoms with Gasteiger partial charge in [0, 0.05) is 30.8 Å². The van der Waals surface area contributed by atoms with Gasteiger partial charge in [-0.3, -0.25) is 9.59 Å². The highest BCUT2D eigenvalue weighted by Gasteiger charge is 2.19. The number of piperidine rings is 1. The van der Waals surface area contributed by atoms with Crippen LogP contribution in [0, 0.1) is 0 Å². The number of para-hydroxylation sites is 1. The van der Waals surface area contributed by atoms with E-state index in [1.807, 2.05) is 29.2 Å². The first kappa shape index (κ1) is 19.0. The lowest BCUT2D eigenvalue weighted by Gasteiger charge is -2.26. The Morgan fingerprint density at radius 3 is 2.52 bits per heavy atom. The first-order chi connectivity index (χ1) is 13.2.